The van der Waals surface area contributed by atoms with Gasteiger partial charge in [-0.3, -0.25) is 0 Å². The molecule has 3 rings (SSSR count). The predicted molar refractivity (Wildman–Crippen MR) is 96.9 cm³/mol. The molecular formula is C18H19NO2S2. The zero-order valence-electron chi connectivity index (χ0n) is 12.8. The van der Waals surface area contributed by atoms with Gasteiger partial charge in [0.15, 0.2) is 0 Å². The molecule has 2 aromatic carbocycles. The highest BCUT2D eigenvalue weighted by atomic mass is 32.2. The summed E-state index contributed by atoms with van der Waals surface area (Å²) in [5.74, 6) is 1.59. The van der Waals surface area contributed by atoms with Crippen molar-refractivity contribution >= 4 is 30.5 Å². The van der Waals surface area contributed by atoms with Crippen LogP contribution in [0.15, 0.2) is 53.4 Å². The first-order valence-corrected chi connectivity index (χ1v) is 9.19. The van der Waals surface area contributed by atoms with Crippen LogP contribution in [-0.2, 0) is 23.6 Å². The monoisotopic (exact) mass is 345 g/mol. The van der Waals surface area contributed by atoms with E-state index in [-0.39, 0.29) is 6.09 Å². The minimum atomic E-state index is -0.251. The number of hydrogen-bond donors (Lipinski definition) is 1. The number of benzene rings is 2. The number of carbonyl (C=O) groups is 1. The number of fused-ring (bicyclic) bond motifs is 1. The van der Waals surface area contributed by atoms with Gasteiger partial charge in [-0.2, -0.15) is 12.6 Å². The summed E-state index contributed by atoms with van der Waals surface area (Å²) in [6.45, 7) is 1.60. The fourth-order valence-corrected chi connectivity index (χ4v) is 3.71. The highest BCUT2D eigenvalue weighted by molar-refractivity contribution is 7.99. The van der Waals surface area contributed by atoms with Crippen LogP contribution in [0.4, 0.5) is 4.79 Å². The van der Waals surface area contributed by atoms with Gasteiger partial charge in [0.05, 0.1) is 6.54 Å². The fraction of sp³-hybridized carbons (Fsp3) is 0.278. The Bertz CT molecular complexity index is 676. The lowest BCUT2D eigenvalue weighted by atomic mass is 10.1. The molecule has 0 unspecified atom stereocenters. The summed E-state index contributed by atoms with van der Waals surface area (Å²) in [5.41, 5.74) is 3.35. The van der Waals surface area contributed by atoms with Crippen LogP contribution in [0.5, 0.6) is 0 Å². The molecule has 1 amide bonds. The number of thiol groups is 1. The maximum atomic E-state index is 12.4. The Morgan fingerprint density at radius 1 is 1.17 bits per heavy atom. The molecule has 0 aromatic heterocycles. The van der Waals surface area contributed by atoms with Crippen molar-refractivity contribution < 1.29 is 9.53 Å². The molecule has 120 valence electrons. The lowest BCUT2D eigenvalue weighted by molar-refractivity contribution is 0.0961. The molecule has 0 saturated heterocycles. The average molecular weight is 345 g/mol. The first-order valence-electron chi connectivity index (χ1n) is 7.57. The summed E-state index contributed by atoms with van der Waals surface area (Å²) in [7, 11) is 0. The van der Waals surface area contributed by atoms with Gasteiger partial charge in [-0.15, -0.1) is 11.8 Å². The van der Waals surface area contributed by atoms with E-state index in [1.54, 1.807) is 16.7 Å². The number of rotatable bonds is 3. The summed E-state index contributed by atoms with van der Waals surface area (Å²) >= 11 is 6.12. The SMILES string of the molecule is O=C(OCc1ccccc1)N1CCSc2ccc(CS)cc2C1. The quantitative estimate of drug-likeness (QED) is 0.838. The van der Waals surface area contributed by atoms with Crippen LogP contribution in [0.3, 0.4) is 0 Å². The third-order valence-electron chi connectivity index (χ3n) is 3.75. The standard InChI is InChI=1S/C18H19NO2S2/c20-18(21-12-14-4-2-1-3-5-14)19-8-9-23-17-7-6-15(13-22)10-16(17)11-19/h1-7,10,22H,8-9,11-13H2. The summed E-state index contributed by atoms with van der Waals surface area (Å²) in [4.78, 5) is 15.4. The third-order valence-corrected chi connectivity index (χ3v) is 5.21. The molecule has 0 fully saturated rings. The van der Waals surface area contributed by atoms with Crippen LogP contribution in [0, 0.1) is 0 Å². The number of nitrogens with zero attached hydrogens (tertiary/aromatic N) is 1. The largest absolute Gasteiger partial charge is 0.445 e. The van der Waals surface area contributed by atoms with Crippen molar-refractivity contribution in [1.29, 1.82) is 0 Å². The van der Waals surface area contributed by atoms with Gasteiger partial charge in [-0.1, -0.05) is 42.5 Å². The molecule has 1 heterocycles. The molecule has 1 aliphatic heterocycles. The molecule has 2 aromatic rings. The van der Waals surface area contributed by atoms with Crippen molar-refractivity contribution in [2.24, 2.45) is 0 Å². The van der Waals surface area contributed by atoms with Crippen LogP contribution in [0.25, 0.3) is 0 Å². The molecule has 5 heteroatoms. The van der Waals surface area contributed by atoms with Gasteiger partial charge < -0.3 is 9.64 Å². The zero-order chi connectivity index (χ0) is 16.1. The molecule has 0 spiro atoms. The topological polar surface area (TPSA) is 29.5 Å². The molecule has 1 aliphatic rings. The summed E-state index contributed by atoms with van der Waals surface area (Å²) in [6.07, 6.45) is -0.251. The minimum Gasteiger partial charge on any atom is -0.445 e. The van der Waals surface area contributed by atoms with Crippen LogP contribution in [0.1, 0.15) is 16.7 Å². The molecule has 0 aliphatic carbocycles. The van der Waals surface area contributed by atoms with Gasteiger partial charge in [0.25, 0.3) is 0 Å². The maximum Gasteiger partial charge on any atom is 0.410 e. The van der Waals surface area contributed by atoms with Crippen molar-refractivity contribution in [3.05, 3.63) is 65.2 Å². The van der Waals surface area contributed by atoms with Crippen molar-refractivity contribution in [3.8, 4) is 0 Å². The Hall–Kier alpha value is -1.59. The lowest BCUT2D eigenvalue weighted by Gasteiger charge is -2.20. The number of hydrogen-bond acceptors (Lipinski definition) is 4. The number of carbonyl (C=O) groups excluding carboxylic acids is 1. The van der Waals surface area contributed by atoms with Gasteiger partial charge in [-0.25, -0.2) is 4.79 Å². The molecule has 0 atom stereocenters. The van der Waals surface area contributed by atoms with Gasteiger partial charge >= 0.3 is 6.09 Å². The van der Waals surface area contributed by atoms with Gasteiger partial charge in [0.1, 0.15) is 6.61 Å². The molecule has 23 heavy (non-hydrogen) atoms. The number of amides is 1. The van der Waals surface area contributed by atoms with Crippen LogP contribution in [0.2, 0.25) is 0 Å². The van der Waals surface area contributed by atoms with E-state index in [9.17, 15) is 4.79 Å². The second kappa shape index (κ2) is 7.79. The first-order chi connectivity index (χ1) is 11.3. The van der Waals surface area contributed by atoms with Crippen molar-refractivity contribution in [2.45, 2.75) is 23.8 Å². The van der Waals surface area contributed by atoms with E-state index >= 15 is 0 Å². The smallest absolute Gasteiger partial charge is 0.410 e. The third kappa shape index (κ3) is 4.24. The Morgan fingerprint density at radius 3 is 2.78 bits per heavy atom. The molecule has 0 saturated carbocycles. The molecular weight excluding hydrogens is 326 g/mol. The second-order valence-corrected chi connectivity index (χ2v) is 6.86. The van der Waals surface area contributed by atoms with E-state index in [0.717, 1.165) is 11.3 Å². The second-order valence-electron chi connectivity index (χ2n) is 5.41. The van der Waals surface area contributed by atoms with E-state index < -0.39 is 0 Å². The van der Waals surface area contributed by atoms with Crippen molar-refractivity contribution in [2.75, 3.05) is 12.3 Å². The van der Waals surface area contributed by atoms with E-state index in [1.807, 2.05) is 30.3 Å². The van der Waals surface area contributed by atoms with Crippen molar-refractivity contribution in [1.82, 2.24) is 4.90 Å². The molecule has 3 nitrogen and oxygen atoms in total. The fourth-order valence-electron chi connectivity index (χ4n) is 2.51. The maximum absolute atomic E-state index is 12.4. The molecule has 0 radical (unpaired) electrons. The van der Waals surface area contributed by atoms with E-state index in [2.05, 4.69) is 30.8 Å². The minimum absolute atomic E-state index is 0.251. The Morgan fingerprint density at radius 2 is 2.00 bits per heavy atom. The van der Waals surface area contributed by atoms with E-state index in [0.29, 0.717) is 25.4 Å². The van der Waals surface area contributed by atoms with Crippen LogP contribution >= 0.6 is 24.4 Å². The summed E-state index contributed by atoms with van der Waals surface area (Å²) < 4.78 is 5.46. The lowest BCUT2D eigenvalue weighted by Crippen LogP contribution is -2.32. The van der Waals surface area contributed by atoms with Gasteiger partial charge in [-0.05, 0) is 22.8 Å². The first kappa shape index (κ1) is 16.3. The predicted octanol–water partition coefficient (Wildman–Crippen LogP) is 4.36. The zero-order valence-corrected chi connectivity index (χ0v) is 14.5. The Balaban J connectivity index is 1.66. The van der Waals surface area contributed by atoms with Crippen molar-refractivity contribution in [3.63, 3.8) is 0 Å². The normalized spacial score (nSPS) is 14.0. The highest BCUT2D eigenvalue weighted by Crippen LogP contribution is 2.29. The highest BCUT2D eigenvalue weighted by Gasteiger charge is 2.20. The van der Waals surface area contributed by atoms with Crippen LogP contribution < -0.4 is 0 Å². The number of thioether (sulfide) groups is 1. The molecule has 0 bridgehead atoms. The number of ether oxygens (including phenoxy) is 1. The summed E-state index contributed by atoms with van der Waals surface area (Å²) in [6, 6.07) is 16.1. The average Bonchev–Trinajstić information content (AvgIpc) is 2.82. The summed E-state index contributed by atoms with van der Waals surface area (Å²) in [5, 5.41) is 0. The molecule has 0 N–H and O–H groups in total. The Labute approximate surface area is 146 Å². The van der Waals surface area contributed by atoms with Gasteiger partial charge in [0, 0.05) is 22.9 Å². The van der Waals surface area contributed by atoms with Gasteiger partial charge in [0.2, 0.25) is 0 Å². The van der Waals surface area contributed by atoms with Crippen LogP contribution in [-0.4, -0.2) is 23.3 Å². The van der Waals surface area contributed by atoms with E-state index in [1.165, 1.54) is 16.0 Å². The van der Waals surface area contributed by atoms with E-state index in [4.69, 9.17) is 4.74 Å². The Kier molecular flexibility index (Phi) is 5.51.